The van der Waals surface area contributed by atoms with Crippen molar-refractivity contribution in [2.24, 2.45) is 5.73 Å². The van der Waals surface area contributed by atoms with Gasteiger partial charge in [0, 0.05) is 6.54 Å². The molecule has 3 rings (SSSR count). The standard InChI is InChI=1S/C30H32N4O8/c31-27(32)33(28(37)40-19-22-11-4-1-5-12-22)18-10-17-25(26(35)36)34(29(38)41-20-23-13-6-2-7-14-23)30(39)42-21-24-15-8-3-9-16-24/h1-9,11-16,25H,10,17-21H2,(H3,31,32)(H,35,36)/t25-/m0/s1. The van der Waals surface area contributed by atoms with E-state index in [-0.39, 0.29) is 39.2 Å². The number of amides is 3. The Morgan fingerprint density at radius 3 is 1.43 bits per heavy atom. The molecule has 12 heteroatoms. The number of nitrogens with two attached hydrogens (primary N) is 1. The molecule has 0 spiro atoms. The Kier molecular flexibility index (Phi) is 11.9. The molecular weight excluding hydrogens is 544 g/mol. The molecule has 0 saturated heterocycles. The zero-order chi connectivity index (χ0) is 30.3. The predicted octanol–water partition coefficient (Wildman–Crippen LogP) is 4.73. The van der Waals surface area contributed by atoms with E-state index in [0.29, 0.717) is 16.0 Å². The van der Waals surface area contributed by atoms with E-state index in [1.807, 2.05) is 6.07 Å². The smallest absolute Gasteiger partial charge is 0.420 e. The van der Waals surface area contributed by atoms with E-state index in [4.69, 9.17) is 25.4 Å². The molecule has 220 valence electrons. The summed E-state index contributed by atoms with van der Waals surface area (Å²) in [5.41, 5.74) is 7.54. The van der Waals surface area contributed by atoms with Gasteiger partial charge in [0.1, 0.15) is 25.9 Å². The maximum atomic E-state index is 13.0. The minimum atomic E-state index is -1.70. The number of rotatable bonds is 12. The average molecular weight is 577 g/mol. The van der Waals surface area contributed by atoms with Gasteiger partial charge >= 0.3 is 24.2 Å². The number of imide groups is 1. The molecule has 3 aromatic carbocycles. The number of hydrogen-bond donors (Lipinski definition) is 3. The minimum Gasteiger partial charge on any atom is -0.480 e. The van der Waals surface area contributed by atoms with Crippen molar-refractivity contribution in [2.75, 3.05) is 6.54 Å². The van der Waals surface area contributed by atoms with Crippen LogP contribution in [0.2, 0.25) is 0 Å². The van der Waals surface area contributed by atoms with Crippen LogP contribution in [0.5, 0.6) is 0 Å². The first-order valence-electron chi connectivity index (χ1n) is 13.0. The van der Waals surface area contributed by atoms with Crippen molar-refractivity contribution in [3.8, 4) is 0 Å². The van der Waals surface area contributed by atoms with Crippen LogP contribution in [0.15, 0.2) is 91.0 Å². The van der Waals surface area contributed by atoms with E-state index < -0.39 is 36.3 Å². The van der Waals surface area contributed by atoms with Crippen LogP contribution in [0.4, 0.5) is 14.4 Å². The molecule has 0 heterocycles. The summed E-state index contributed by atoms with van der Waals surface area (Å²) >= 11 is 0. The lowest BCUT2D eigenvalue weighted by atomic mass is 10.1. The first kappa shape index (κ1) is 31.1. The van der Waals surface area contributed by atoms with Crippen molar-refractivity contribution in [1.82, 2.24) is 9.80 Å². The second kappa shape index (κ2) is 16.0. The molecule has 3 aromatic rings. The molecule has 12 nitrogen and oxygen atoms in total. The fraction of sp³-hybridized carbons (Fsp3) is 0.233. The number of carbonyl (C=O) groups is 4. The molecule has 1 atom stereocenters. The van der Waals surface area contributed by atoms with Crippen LogP contribution in [-0.2, 0) is 38.8 Å². The van der Waals surface area contributed by atoms with Gasteiger partial charge in [0.2, 0.25) is 0 Å². The largest absolute Gasteiger partial charge is 0.480 e. The zero-order valence-electron chi connectivity index (χ0n) is 22.8. The molecule has 0 bridgehead atoms. The van der Waals surface area contributed by atoms with Gasteiger partial charge in [0.05, 0.1) is 0 Å². The maximum absolute atomic E-state index is 13.0. The van der Waals surface area contributed by atoms with Gasteiger partial charge in [-0.05, 0) is 29.5 Å². The quantitative estimate of drug-likeness (QED) is 0.157. The van der Waals surface area contributed by atoms with E-state index in [1.165, 1.54) is 0 Å². The summed E-state index contributed by atoms with van der Waals surface area (Å²) in [5, 5.41) is 17.7. The van der Waals surface area contributed by atoms with Crippen molar-refractivity contribution in [3.63, 3.8) is 0 Å². The molecular formula is C30H32N4O8. The van der Waals surface area contributed by atoms with Crippen LogP contribution in [0, 0.1) is 5.41 Å². The van der Waals surface area contributed by atoms with Crippen molar-refractivity contribution in [1.29, 1.82) is 5.41 Å². The van der Waals surface area contributed by atoms with Gasteiger partial charge in [-0.3, -0.25) is 5.41 Å². The van der Waals surface area contributed by atoms with Crippen molar-refractivity contribution in [2.45, 2.75) is 38.7 Å². The second-order valence-electron chi connectivity index (χ2n) is 9.02. The third-order valence-corrected chi connectivity index (χ3v) is 5.98. The Labute approximate surface area is 242 Å². The van der Waals surface area contributed by atoms with Crippen LogP contribution in [-0.4, -0.2) is 57.7 Å². The Bertz CT molecular complexity index is 1280. The third kappa shape index (κ3) is 9.66. The number of hydrogen-bond acceptors (Lipinski definition) is 8. The SMILES string of the molecule is N=C(N)N(CCC[C@@H](C(=O)O)N(C(=O)OCc1ccccc1)C(=O)OCc1ccccc1)C(=O)OCc1ccccc1. The maximum Gasteiger partial charge on any atom is 0.420 e. The molecule has 0 radical (unpaired) electrons. The second-order valence-corrected chi connectivity index (χ2v) is 9.02. The molecule has 0 saturated carbocycles. The molecule has 0 aliphatic heterocycles. The van der Waals surface area contributed by atoms with Crippen molar-refractivity contribution in [3.05, 3.63) is 108 Å². The van der Waals surface area contributed by atoms with E-state index in [2.05, 4.69) is 0 Å². The summed E-state index contributed by atoms with van der Waals surface area (Å²) in [5.74, 6) is -2.11. The average Bonchev–Trinajstić information content (AvgIpc) is 3.00. The number of benzene rings is 3. The van der Waals surface area contributed by atoms with Gasteiger partial charge in [0.25, 0.3) is 0 Å². The van der Waals surface area contributed by atoms with Crippen LogP contribution in [0.3, 0.4) is 0 Å². The number of carboxylic acids is 1. The summed E-state index contributed by atoms with van der Waals surface area (Å²) in [6.07, 6.45) is -3.69. The minimum absolute atomic E-state index is 0.0600. The van der Waals surface area contributed by atoms with Crippen LogP contribution in [0.25, 0.3) is 0 Å². The molecule has 3 amide bonds. The highest BCUT2D eigenvalue weighted by Crippen LogP contribution is 2.16. The van der Waals surface area contributed by atoms with Crippen LogP contribution in [0.1, 0.15) is 29.5 Å². The molecule has 0 aliphatic rings. The topological polar surface area (TPSA) is 173 Å². The Hall–Kier alpha value is -5.39. The Morgan fingerprint density at radius 1 is 0.690 bits per heavy atom. The van der Waals surface area contributed by atoms with Gasteiger partial charge in [0.15, 0.2) is 5.96 Å². The summed E-state index contributed by atoms with van der Waals surface area (Å²) < 4.78 is 15.7. The number of aliphatic carboxylic acids is 1. The summed E-state index contributed by atoms with van der Waals surface area (Å²) in [4.78, 5) is 52.2. The zero-order valence-corrected chi connectivity index (χ0v) is 22.8. The Balaban J connectivity index is 1.69. The molecule has 4 N–H and O–H groups in total. The molecule has 0 fully saturated rings. The summed E-state index contributed by atoms with van der Waals surface area (Å²) in [7, 11) is 0. The van der Waals surface area contributed by atoms with Crippen molar-refractivity contribution < 1.29 is 38.5 Å². The number of carbonyl (C=O) groups excluding carboxylic acids is 3. The predicted molar refractivity (Wildman–Crippen MR) is 151 cm³/mol. The van der Waals surface area contributed by atoms with E-state index in [1.54, 1.807) is 84.9 Å². The fourth-order valence-corrected chi connectivity index (χ4v) is 3.82. The molecule has 0 aromatic heterocycles. The van der Waals surface area contributed by atoms with Gasteiger partial charge in [-0.2, -0.15) is 4.90 Å². The number of nitrogens with zero attached hydrogens (tertiary/aromatic N) is 2. The normalized spacial score (nSPS) is 11.0. The van der Waals surface area contributed by atoms with Crippen LogP contribution < -0.4 is 5.73 Å². The fourth-order valence-electron chi connectivity index (χ4n) is 3.82. The van der Waals surface area contributed by atoms with Gasteiger partial charge < -0.3 is 25.1 Å². The Morgan fingerprint density at radius 2 is 1.07 bits per heavy atom. The first-order chi connectivity index (χ1) is 20.3. The van der Waals surface area contributed by atoms with Crippen molar-refractivity contribution >= 4 is 30.2 Å². The van der Waals surface area contributed by atoms with Gasteiger partial charge in [-0.15, -0.1) is 0 Å². The highest BCUT2D eigenvalue weighted by Gasteiger charge is 2.37. The summed E-state index contributed by atoms with van der Waals surface area (Å²) in [6, 6.07) is 24.5. The number of carboxylic acid groups (broad SMARTS) is 1. The lowest BCUT2D eigenvalue weighted by Gasteiger charge is -2.27. The van der Waals surface area contributed by atoms with E-state index >= 15 is 0 Å². The third-order valence-electron chi connectivity index (χ3n) is 5.98. The van der Waals surface area contributed by atoms with E-state index in [9.17, 15) is 24.3 Å². The molecule has 0 aliphatic carbocycles. The lowest BCUT2D eigenvalue weighted by molar-refractivity contribution is -0.142. The molecule has 0 unspecified atom stereocenters. The first-order valence-corrected chi connectivity index (χ1v) is 13.0. The number of ether oxygens (including phenoxy) is 3. The molecule has 42 heavy (non-hydrogen) atoms. The highest BCUT2D eigenvalue weighted by molar-refractivity contribution is 5.93. The highest BCUT2D eigenvalue weighted by atomic mass is 16.6. The van der Waals surface area contributed by atoms with Gasteiger partial charge in [-0.1, -0.05) is 91.0 Å². The summed E-state index contributed by atoms with van der Waals surface area (Å²) in [6.45, 7) is -0.687. The van der Waals surface area contributed by atoms with Crippen LogP contribution >= 0.6 is 0 Å². The van der Waals surface area contributed by atoms with E-state index in [0.717, 1.165) is 10.5 Å². The lowest BCUT2D eigenvalue weighted by Crippen LogP contribution is -2.49. The number of guanidine groups is 1. The van der Waals surface area contributed by atoms with Gasteiger partial charge in [-0.25, -0.2) is 24.1 Å². The monoisotopic (exact) mass is 576 g/mol. The number of nitrogens with one attached hydrogen (secondary N) is 1.